The third-order valence-corrected chi connectivity index (χ3v) is 6.86. The van der Waals surface area contributed by atoms with E-state index in [0.29, 0.717) is 41.2 Å². The molecular weight excluding hydrogens is 370 g/mol. The average molecular weight is 399 g/mol. The maximum absolute atomic E-state index is 6.54. The second-order valence-corrected chi connectivity index (χ2v) is 8.81. The number of rotatable bonds is 5. The molecule has 29 heavy (non-hydrogen) atoms. The van der Waals surface area contributed by atoms with Crippen molar-refractivity contribution < 1.29 is 14.2 Å². The second kappa shape index (κ2) is 6.60. The molecule has 2 bridgehead atoms. The number of nitrogens with zero attached hydrogens (tertiary/aromatic N) is 4. The van der Waals surface area contributed by atoms with Crippen molar-refractivity contribution in [1.82, 2.24) is 14.9 Å². The Morgan fingerprint density at radius 2 is 2.00 bits per heavy atom. The van der Waals surface area contributed by atoms with Crippen LogP contribution in [0.2, 0.25) is 0 Å². The van der Waals surface area contributed by atoms with Gasteiger partial charge in [-0.2, -0.15) is 4.98 Å². The van der Waals surface area contributed by atoms with E-state index in [4.69, 9.17) is 24.9 Å². The third-order valence-electron chi connectivity index (χ3n) is 6.86. The van der Waals surface area contributed by atoms with Crippen LogP contribution in [0, 0.1) is 11.8 Å². The van der Waals surface area contributed by atoms with Crippen molar-refractivity contribution in [2.24, 2.45) is 11.8 Å². The standard InChI is InChI=1S/C21H29N5O3/c1-25(2)9-13-14-10-26(11-21(14)6-5-16(13)29-21)20-23-15-8-18(28-4)17(27-3)7-12(15)19(22)24-20/h7-8,13-14,16H,5-6,9-11H2,1-4H3,(H2,22,23,24)/t13-,14+,16+,21+/m1/s1. The van der Waals surface area contributed by atoms with Crippen molar-refractivity contribution >= 4 is 22.7 Å². The number of methoxy groups -OCH3 is 2. The first kappa shape index (κ1) is 18.7. The normalized spacial score (nSPS) is 30.4. The zero-order valence-corrected chi connectivity index (χ0v) is 17.5. The monoisotopic (exact) mass is 399 g/mol. The van der Waals surface area contributed by atoms with Gasteiger partial charge in [-0.3, -0.25) is 0 Å². The highest BCUT2D eigenvalue weighted by atomic mass is 16.5. The molecule has 4 heterocycles. The van der Waals surface area contributed by atoms with Gasteiger partial charge in [-0.1, -0.05) is 0 Å². The van der Waals surface area contributed by atoms with Gasteiger partial charge in [-0.15, -0.1) is 0 Å². The van der Waals surface area contributed by atoms with Gasteiger partial charge in [0, 0.05) is 36.4 Å². The zero-order chi connectivity index (χ0) is 20.3. The molecule has 3 aliphatic rings. The molecule has 1 aromatic heterocycles. The molecule has 0 amide bonds. The Kier molecular flexibility index (Phi) is 4.25. The van der Waals surface area contributed by atoms with Crippen LogP contribution in [0.3, 0.4) is 0 Å². The van der Waals surface area contributed by atoms with Crippen molar-refractivity contribution in [2.75, 3.05) is 58.6 Å². The van der Waals surface area contributed by atoms with Gasteiger partial charge >= 0.3 is 0 Å². The molecule has 0 aliphatic carbocycles. The summed E-state index contributed by atoms with van der Waals surface area (Å²) in [5, 5.41) is 0.770. The van der Waals surface area contributed by atoms with E-state index in [1.54, 1.807) is 14.2 Å². The van der Waals surface area contributed by atoms with Gasteiger partial charge in [0.25, 0.3) is 0 Å². The Balaban J connectivity index is 1.49. The number of benzene rings is 1. The fourth-order valence-corrected chi connectivity index (χ4v) is 5.62. The van der Waals surface area contributed by atoms with Gasteiger partial charge in [0.15, 0.2) is 11.5 Å². The van der Waals surface area contributed by atoms with Crippen LogP contribution in [-0.2, 0) is 4.74 Å². The van der Waals surface area contributed by atoms with E-state index < -0.39 is 0 Å². The topological polar surface area (TPSA) is 86.0 Å². The highest BCUT2D eigenvalue weighted by Crippen LogP contribution is 2.55. The van der Waals surface area contributed by atoms with Crippen molar-refractivity contribution in [2.45, 2.75) is 24.5 Å². The minimum Gasteiger partial charge on any atom is -0.493 e. The summed E-state index contributed by atoms with van der Waals surface area (Å²) >= 11 is 0. The summed E-state index contributed by atoms with van der Waals surface area (Å²) in [5.74, 6) is 3.45. The van der Waals surface area contributed by atoms with Crippen LogP contribution in [0.1, 0.15) is 12.8 Å². The van der Waals surface area contributed by atoms with Crippen LogP contribution in [0.25, 0.3) is 10.9 Å². The second-order valence-electron chi connectivity index (χ2n) is 8.81. The lowest BCUT2D eigenvalue weighted by Gasteiger charge is -2.30. The van der Waals surface area contributed by atoms with E-state index in [2.05, 4.69) is 28.9 Å². The Hall–Kier alpha value is -2.32. The minimum absolute atomic E-state index is 0.0595. The summed E-state index contributed by atoms with van der Waals surface area (Å²) in [6.45, 7) is 2.80. The minimum atomic E-state index is -0.0595. The van der Waals surface area contributed by atoms with E-state index in [1.165, 1.54) is 0 Å². The third kappa shape index (κ3) is 2.80. The molecule has 0 unspecified atom stereocenters. The summed E-state index contributed by atoms with van der Waals surface area (Å²) in [4.78, 5) is 14.0. The number of hydrogen-bond donors (Lipinski definition) is 1. The number of ether oxygens (including phenoxy) is 3. The van der Waals surface area contributed by atoms with Gasteiger partial charge in [-0.05, 0) is 33.0 Å². The maximum Gasteiger partial charge on any atom is 0.227 e. The van der Waals surface area contributed by atoms with E-state index in [1.807, 2.05) is 12.1 Å². The SMILES string of the molecule is COc1cc2nc(N3C[C@H]4[C@@H](CN(C)C)[C@@H]5CC[C@@]4(C3)O5)nc(N)c2cc1OC. The summed E-state index contributed by atoms with van der Waals surface area (Å²) in [5.41, 5.74) is 7.01. The number of nitrogens with two attached hydrogens (primary N) is 1. The fraction of sp³-hybridized carbons (Fsp3) is 0.619. The zero-order valence-electron chi connectivity index (χ0n) is 17.5. The summed E-state index contributed by atoms with van der Waals surface area (Å²) in [7, 11) is 7.51. The molecule has 8 heteroatoms. The highest BCUT2D eigenvalue weighted by Gasteiger charge is 2.63. The van der Waals surface area contributed by atoms with Gasteiger partial charge in [0.2, 0.25) is 5.95 Å². The Bertz CT molecular complexity index is 952. The summed E-state index contributed by atoms with van der Waals surface area (Å²) in [6.07, 6.45) is 2.67. The van der Waals surface area contributed by atoms with Crippen LogP contribution in [0.5, 0.6) is 11.5 Å². The summed E-state index contributed by atoms with van der Waals surface area (Å²) in [6, 6.07) is 3.70. The fourth-order valence-electron chi connectivity index (χ4n) is 5.62. The average Bonchev–Trinajstić information content (AvgIpc) is 3.36. The van der Waals surface area contributed by atoms with Crippen LogP contribution in [-0.4, -0.2) is 74.5 Å². The van der Waals surface area contributed by atoms with Gasteiger partial charge in [0.05, 0.1) is 38.0 Å². The first-order valence-electron chi connectivity index (χ1n) is 10.2. The van der Waals surface area contributed by atoms with E-state index in [9.17, 15) is 0 Å². The van der Waals surface area contributed by atoms with E-state index >= 15 is 0 Å². The molecule has 1 spiro atoms. The Morgan fingerprint density at radius 3 is 2.72 bits per heavy atom. The molecule has 2 N–H and O–H groups in total. The van der Waals surface area contributed by atoms with E-state index in [-0.39, 0.29) is 5.60 Å². The number of nitrogen functional groups attached to an aromatic ring is 1. The lowest BCUT2D eigenvalue weighted by Crippen LogP contribution is -2.40. The molecule has 1 aromatic carbocycles. The molecule has 0 saturated carbocycles. The smallest absolute Gasteiger partial charge is 0.227 e. The first-order valence-corrected chi connectivity index (χ1v) is 10.2. The Morgan fingerprint density at radius 1 is 1.24 bits per heavy atom. The molecular formula is C21H29N5O3. The molecule has 3 aliphatic heterocycles. The quantitative estimate of drug-likeness (QED) is 0.814. The van der Waals surface area contributed by atoms with Gasteiger partial charge in [0.1, 0.15) is 5.82 Å². The molecule has 8 nitrogen and oxygen atoms in total. The largest absolute Gasteiger partial charge is 0.493 e. The predicted octanol–water partition coefficient (Wildman–Crippen LogP) is 1.77. The number of aromatic nitrogens is 2. The Labute approximate surface area is 170 Å². The molecule has 4 atom stereocenters. The van der Waals surface area contributed by atoms with Crippen molar-refractivity contribution in [1.29, 1.82) is 0 Å². The number of anilines is 2. The molecule has 5 rings (SSSR count). The number of hydrogen-bond acceptors (Lipinski definition) is 8. The number of fused-ring (bicyclic) bond motifs is 2. The van der Waals surface area contributed by atoms with E-state index in [0.717, 1.165) is 43.4 Å². The van der Waals surface area contributed by atoms with Gasteiger partial charge < -0.3 is 29.7 Å². The first-order chi connectivity index (χ1) is 13.9. The van der Waals surface area contributed by atoms with Gasteiger partial charge in [-0.25, -0.2) is 4.98 Å². The van der Waals surface area contributed by atoms with Crippen LogP contribution >= 0.6 is 0 Å². The maximum atomic E-state index is 6.54. The van der Waals surface area contributed by atoms with Crippen molar-refractivity contribution in [3.8, 4) is 11.5 Å². The van der Waals surface area contributed by atoms with Crippen LogP contribution in [0.15, 0.2) is 12.1 Å². The lowest BCUT2D eigenvalue weighted by atomic mass is 9.73. The molecule has 3 saturated heterocycles. The van der Waals surface area contributed by atoms with Crippen molar-refractivity contribution in [3.05, 3.63) is 12.1 Å². The molecule has 0 radical (unpaired) electrons. The summed E-state index contributed by atoms with van der Waals surface area (Å²) < 4.78 is 17.4. The van der Waals surface area contributed by atoms with Crippen LogP contribution in [0.4, 0.5) is 11.8 Å². The van der Waals surface area contributed by atoms with Crippen molar-refractivity contribution in [3.63, 3.8) is 0 Å². The van der Waals surface area contributed by atoms with Crippen LogP contribution < -0.4 is 20.1 Å². The molecule has 3 fully saturated rings. The lowest BCUT2D eigenvalue weighted by molar-refractivity contribution is 0.0136. The molecule has 2 aromatic rings. The molecule has 156 valence electrons. The predicted molar refractivity (Wildman–Crippen MR) is 112 cm³/mol. The highest BCUT2D eigenvalue weighted by molar-refractivity contribution is 5.91.